The quantitative estimate of drug-likeness (QED) is 0.821. The largest absolute Gasteiger partial charge is 0.392 e. The van der Waals surface area contributed by atoms with Gasteiger partial charge in [0.15, 0.2) is 0 Å². The molecule has 1 fully saturated rings. The van der Waals surface area contributed by atoms with Crippen molar-refractivity contribution in [1.29, 1.82) is 0 Å². The number of rotatable bonds is 3. The topological polar surface area (TPSA) is 36.4 Å². The molecule has 0 amide bonds. The van der Waals surface area contributed by atoms with Gasteiger partial charge in [0.25, 0.3) is 0 Å². The first-order valence-corrected chi connectivity index (χ1v) is 5.67. The number of hydrogen-bond acceptors (Lipinski definition) is 3. The Bertz CT molecular complexity index is 327. The van der Waals surface area contributed by atoms with Crippen molar-refractivity contribution in [1.82, 2.24) is 4.98 Å². The zero-order valence-electron chi connectivity index (χ0n) is 9.19. The fourth-order valence-corrected chi connectivity index (χ4v) is 2.40. The maximum absolute atomic E-state index is 9.27. The molecule has 0 aliphatic carbocycles. The fraction of sp³-hybridized carbons (Fsp3) is 0.583. The average molecular weight is 206 g/mol. The van der Waals surface area contributed by atoms with Gasteiger partial charge in [-0.1, -0.05) is 6.92 Å². The summed E-state index contributed by atoms with van der Waals surface area (Å²) in [7, 11) is 0. The molecular weight excluding hydrogens is 188 g/mol. The van der Waals surface area contributed by atoms with E-state index < -0.39 is 0 Å². The van der Waals surface area contributed by atoms with Gasteiger partial charge >= 0.3 is 0 Å². The van der Waals surface area contributed by atoms with Gasteiger partial charge in [0.2, 0.25) is 0 Å². The van der Waals surface area contributed by atoms with E-state index in [0.717, 1.165) is 17.8 Å². The molecule has 1 aromatic rings. The molecule has 3 heteroatoms. The molecule has 3 nitrogen and oxygen atoms in total. The van der Waals surface area contributed by atoms with Crippen LogP contribution in [0.4, 0.5) is 5.69 Å². The second kappa shape index (κ2) is 4.62. The Kier molecular flexibility index (Phi) is 3.21. The summed E-state index contributed by atoms with van der Waals surface area (Å²) in [5.74, 6) is 0. The number of hydrogen-bond donors (Lipinski definition) is 1. The standard InChI is InChI=1S/C12H18N2O/c1-2-11-4-3-7-14(11)12-5-6-13-8-10(12)9-15/h5-6,8,11,15H,2-4,7,9H2,1H3. The van der Waals surface area contributed by atoms with E-state index in [-0.39, 0.29) is 6.61 Å². The van der Waals surface area contributed by atoms with Crippen molar-refractivity contribution < 1.29 is 5.11 Å². The van der Waals surface area contributed by atoms with Crippen LogP contribution in [0.1, 0.15) is 31.7 Å². The minimum atomic E-state index is 0.0795. The number of aliphatic hydroxyl groups is 1. The highest BCUT2D eigenvalue weighted by Crippen LogP contribution is 2.29. The molecule has 1 aliphatic heterocycles. The second-order valence-electron chi connectivity index (χ2n) is 4.06. The molecule has 1 unspecified atom stereocenters. The average Bonchev–Trinajstić information content (AvgIpc) is 2.76. The zero-order chi connectivity index (χ0) is 10.7. The van der Waals surface area contributed by atoms with Gasteiger partial charge in [-0.3, -0.25) is 4.98 Å². The van der Waals surface area contributed by atoms with Gasteiger partial charge in [0.05, 0.1) is 6.61 Å². The van der Waals surface area contributed by atoms with Crippen LogP contribution in [0.2, 0.25) is 0 Å². The molecule has 2 rings (SSSR count). The Balaban J connectivity index is 2.27. The molecule has 0 bridgehead atoms. The molecule has 0 saturated carbocycles. The molecule has 1 atom stereocenters. The van der Waals surface area contributed by atoms with E-state index in [9.17, 15) is 5.11 Å². The van der Waals surface area contributed by atoms with Crippen molar-refractivity contribution in [2.75, 3.05) is 11.4 Å². The molecule has 1 aliphatic rings. The predicted octanol–water partition coefficient (Wildman–Crippen LogP) is 1.95. The number of aliphatic hydroxyl groups excluding tert-OH is 1. The molecule has 0 radical (unpaired) electrons. The SMILES string of the molecule is CCC1CCCN1c1ccncc1CO. The maximum Gasteiger partial charge on any atom is 0.0717 e. The first kappa shape index (κ1) is 10.4. The highest BCUT2D eigenvalue weighted by Gasteiger charge is 2.24. The lowest BCUT2D eigenvalue weighted by Gasteiger charge is -2.27. The molecule has 1 aromatic heterocycles. The first-order chi connectivity index (χ1) is 7.36. The van der Waals surface area contributed by atoms with Crippen molar-refractivity contribution in [3.63, 3.8) is 0 Å². The Hall–Kier alpha value is -1.09. The van der Waals surface area contributed by atoms with E-state index in [1.165, 1.54) is 19.3 Å². The number of aromatic nitrogens is 1. The van der Waals surface area contributed by atoms with Crippen LogP contribution < -0.4 is 4.90 Å². The number of pyridine rings is 1. The number of anilines is 1. The van der Waals surface area contributed by atoms with E-state index in [4.69, 9.17) is 0 Å². The van der Waals surface area contributed by atoms with Crippen LogP contribution in [0, 0.1) is 0 Å². The van der Waals surface area contributed by atoms with Crippen LogP contribution in [0.5, 0.6) is 0 Å². The van der Waals surface area contributed by atoms with Crippen LogP contribution >= 0.6 is 0 Å². The molecule has 15 heavy (non-hydrogen) atoms. The van der Waals surface area contributed by atoms with Crippen LogP contribution in [0.25, 0.3) is 0 Å². The molecule has 0 aromatic carbocycles. The fourth-order valence-electron chi connectivity index (χ4n) is 2.40. The third-order valence-corrected chi connectivity index (χ3v) is 3.21. The third-order valence-electron chi connectivity index (χ3n) is 3.21. The van der Waals surface area contributed by atoms with Crippen molar-refractivity contribution in [3.8, 4) is 0 Å². The molecule has 82 valence electrons. The molecular formula is C12H18N2O. The van der Waals surface area contributed by atoms with Crippen LogP contribution in [-0.2, 0) is 6.61 Å². The molecule has 1 saturated heterocycles. The molecule has 1 N–H and O–H groups in total. The second-order valence-corrected chi connectivity index (χ2v) is 4.06. The highest BCUT2D eigenvalue weighted by molar-refractivity contribution is 5.53. The first-order valence-electron chi connectivity index (χ1n) is 5.67. The van der Waals surface area contributed by atoms with Crippen LogP contribution in [-0.4, -0.2) is 22.7 Å². The minimum Gasteiger partial charge on any atom is -0.392 e. The van der Waals surface area contributed by atoms with Gasteiger partial charge in [0.1, 0.15) is 0 Å². The summed E-state index contributed by atoms with van der Waals surface area (Å²) in [4.78, 5) is 6.46. The summed E-state index contributed by atoms with van der Waals surface area (Å²) in [6.45, 7) is 3.41. The maximum atomic E-state index is 9.27. The lowest BCUT2D eigenvalue weighted by atomic mass is 10.1. The van der Waals surface area contributed by atoms with Crippen LogP contribution in [0.15, 0.2) is 18.5 Å². The van der Waals surface area contributed by atoms with E-state index >= 15 is 0 Å². The van der Waals surface area contributed by atoms with Gasteiger partial charge in [-0.05, 0) is 25.3 Å². The lowest BCUT2D eigenvalue weighted by Crippen LogP contribution is -2.29. The van der Waals surface area contributed by atoms with E-state index in [1.807, 2.05) is 6.07 Å². The van der Waals surface area contributed by atoms with E-state index in [0.29, 0.717) is 6.04 Å². The Morgan fingerprint density at radius 2 is 2.47 bits per heavy atom. The van der Waals surface area contributed by atoms with Gasteiger partial charge in [-0.15, -0.1) is 0 Å². The predicted molar refractivity (Wildman–Crippen MR) is 60.8 cm³/mol. The minimum absolute atomic E-state index is 0.0795. The summed E-state index contributed by atoms with van der Waals surface area (Å²) in [6.07, 6.45) is 7.27. The molecule has 2 heterocycles. The van der Waals surface area contributed by atoms with Crippen molar-refractivity contribution in [2.24, 2.45) is 0 Å². The Morgan fingerprint density at radius 1 is 1.60 bits per heavy atom. The summed E-state index contributed by atoms with van der Waals surface area (Å²) in [5.41, 5.74) is 2.11. The van der Waals surface area contributed by atoms with Crippen molar-refractivity contribution in [3.05, 3.63) is 24.0 Å². The summed E-state index contributed by atoms with van der Waals surface area (Å²) in [6, 6.07) is 2.65. The highest BCUT2D eigenvalue weighted by atomic mass is 16.3. The van der Waals surface area contributed by atoms with Gasteiger partial charge in [-0.2, -0.15) is 0 Å². The van der Waals surface area contributed by atoms with Crippen molar-refractivity contribution >= 4 is 5.69 Å². The van der Waals surface area contributed by atoms with E-state index in [1.54, 1.807) is 12.4 Å². The number of nitrogens with zero attached hydrogens (tertiary/aromatic N) is 2. The smallest absolute Gasteiger partial charge is 0.0717 e. The van der Waals surface area contributed by atoms with Gasteiger partial charge in [0, 0.05) is 36.2 Å². The summed E-state index contributed by atoms with van der Waals surface area (Å²) < 4.78 is 0. The zero-order valence-corrected chi connectivity index (χ0v) is 9.19. The van der Waals surface area contributed by atoms with Crippen molar-refractivity contribution in [2.45, 2.75) is 38.8 Å². The normalized spacial score (nSPS) is 20.9. The van der Waals surface area contributed by atoms with E-state index in [2.05, 4.69) is 16.8 Å². The summed E-state index contributed by atoms with van der Waals surface area (Å²) in [5, 5.41) is 9.27. The molecule has 0 spiro atoms. The Labute approximate surface area is 90.8 Å². The summed E-state index contributed by atoms with van der Waals surface area (Å²) >= 11 is 0. The van der Waals surface area contributed by atoms with Gasteiger partial charge in [-0.25, -0.2) is 0 Å². The van der Waals surface area contributed by atoms with Crippen LogP contribution in [0.3, 0.4) is 0 Å². The monoisotopic (exact) mass is 206 g/mol. The Morgan fingerprint density at radius 3 is 3.20 bits per heavy atom. The third kappa shape index (κ3) is 1.97. The van der Waals surface area contributed by atoms with Gasteiger partial charge < -0.3 is 10.0 Å². The lowest BCUT2D eigenvalue weighted by molar-refractivity contribution is 0.281.